The van der Waals surface area contributed by atoms with Gasteiger partial charge in [-0.3, -0.25) is 9.59 Å². The van der Waals surface area contributed by atoms with Crippen molar-refractivity contribution in [3.05, 3.63) is 0 Å². The zero-order valence-corrected chi connectivity index (χ0v) is 13.2. The average Bonchev–Trinajstić information content (AvgIpc) is 2.99. The Hall–Kier alpha value is -1.43. The van der Waals surface area contributed by atoms with Crippen LogP contribution in [0.25, 0.3) is 0 Å². The van der Waals surface area contributed by atoms with Gasteiger partial charge in [-0.05, 0) is 19.3 Å². The fraction of sp³-hybridized carbons (Fsp3) is 0.812. The number of esters is 2. The molecule has 0 N–H and O–H groups in total. The van der Waals surface area contributed by atoms with Crippen LogP contribution >= 0.6 is 0 Å². The highest BCUT2D eigenvalue weighted by atomic mass is 16.6. The smallest absolute Gasteiger partial charge is 0.305 e. The Morgan fingerprint density at radius 1 is 1.27 bits per heavy atom. The van der Waals surface area contributed by atoms with Crippen molar-refractivity contribution in [2.24, 2.45) is 11.8 Å². The zero-order chi connectivity index (χ0) is 16.1. The molecule has 1 saturated heterocycles. The van der Waals surface area contributed by atoms with Crippen LogP contribution in [0.15, 0.2) is 0 Å². The molecule has 2 aliphatic rings. The van der Waals surface area contributed by atoms with Gasteiger partial charge in [-0.2, -0.15) is 0 Å². The van der Waals surface area contributed by atoms with Gasteiger partial charge in [0.05, 0.1) is 25.2 Å². The fourth-order valence-corrected chi connectivity index (χ4v) is 3.61. The Labute approximate surface area is 130 Å². The van der Waals surface area contributed by atoms with Crippen molar-refractivity contribution >= 4 is 18.2 Å². The number of rotatable bonds is 7. The molecule has 2 rings (SSSR count). The molecule has 0 bridgehead atoms. The second-order valence-electron chi connectivity index (χ2n) is 6.12. The molecule has 1 heterocycles. The third kappa shape index (κ3) is 4.06. The number of carbonyl (C=O) groups is 3. The van der Waals surface area contributed by atoms with E-state index in [1.807, 2.05) is 0 Å². The molecule has 5 atom stereocenters. The van der Waals surface area contributed by atoms with E-state index in [-0.39, 0.29) is 42.1 Å². The van der Waals surface area contributed by atoms with Crippen molar-refractivity contribution < 1.29 is 28.6 Å². The Bertz CT molecular complexity index is 421. The summed E-state index contributed by atoms with van der Waals surface area (Å²) in [4.78, 5) is 33.4. The number of unbranched alkanes of at least 4 members (excludes halogenated alkanes) is 1. The first-order valence-corrected chi connectivity index (χ1v) is 7.90. The topological polar surface area (TPSA) is 78.9 Å². The van der Waals surface area contributed by atoms with Crippen molar-refractivity contribution in [1.29, 1.82) is 0 Å². The van der Waals surface area contributed by atoms with Crippen molar-refractivity contribution in [3.63, 3.8) is 0 Å². The molecule has 0 aromatic heterocycles. The van der Waals surface area contributed by atoms with E-state index < -0.39 is 0 Å². The molecule has 1 aliphatic carbocycles. The third-order valence-corrected chi connectivity index (χ3v) is 4.63. The molecule has 1 saturated carbocycles. The molecular formula is C16H24O6. The minimum Gasteiger partial charge on any atom is -0.469 e. The minimum absolute atomic E-state index is 0.00478. The third-order valence-electron chi connectivity index (χ3n) is 4.63. The van der Waals surface area contributed by atoms with Crippen molar-refractivity contribution in [2.45, 2.75) is 63.8 Å². The van der Waals surface area contributed by atoms with E-state index in [4.69, 9.17) is 9.47 Å². The molecule has 124 valence electrons. The molecule has 0 spiro atoms. The van der Waals surface area contributed by atoms with Gasteiger partial charge in [-0.15, -0.1) is 0 Å². The summed E-state index contributed by atoms with van der Waals surface area (Å²) in [5, 5.41) is 0. The molecular weight excluding hydrogens is 288 g/mol. The highest BCUT2D eigenvalue weighted by Crippen LogP contribution is 2.44. The summed E-state index contributed by atoms with van der Waals surface area (Å²) >= 11 is 0. The molecule has 6 heteroatoms. The van der Waals surface area contributed by atoms with E-state index in [0.717, 1.165) is 32.0 Å². The maximum Gasteiger partial charge on any atom is 0.305 e. The Balaban J connectivity index is 1.75. The van der Waals surface area contributed by atoms with Crippen LogP contribution in [0, 0.1) is 11.8 Å². The maximum atomic E-state index is 11.3. The Morgan fingerprint density at radius 3 is 2.68 bits per heavy atom. The summed E-state index contributed by atoms with van der Waals surface area (Å²) in [5.74, 6) is -0.646. The molecule has 6 nitrogen and oxygen atoms in total. The predicted molar refractivity (Wildman–Crippen MR) is 77.0 cm³/mol. The summed E-state index contributed by atoms with van der Waals surface area (Å²) in [5.41, 5.74) is 0. The number of hydrogen-bond acceptors (Lipinski definition) is 6. The van der Waals surface area contributed by atoms with Gasteiger partial charge in [0.2, 0.25) is 0 Å². The molecule has 1 aliphatic heterocycles. The summed E-state index contributed by atoms with van der Waals surface area (Å²) in [6, 6.07) is 0. The quantitative estimate of drug-likeness (QED) is 0.404. The molecule has 2 fully saturated rings. The van der Waals surface area contributed by atoms with E-state index in [1.54, 1.807) is 0 Å². The van der Waals surface area contributed by atoms with Crippen LogP contribution in [-0.4, -0.2) is 43.6 Å². The maximum absolute atomic E-state index is 11.3. The lowest BCUT2D eigenvalue weighted by Gasteiger charge is -2.19. The van der Waals surface area contributed by atoms with Gasteiger partial charge >= 0.3 is 11.9 Å². The largest absolute Gasteiger partial charge is 0.469 e. The SMILES string of the molecule is COC(=O)CCCCC1CC2C(CC(OC(C)=O)C2C=O)O1. The van der Waals surface area contributed by atoms with E-state index >= 15 is 0 Å². The summed E-state index contributed by atoms with van der Waals surface area (Å²) < 4.78 is 15.8. The van der Waals surface area contributed by atoms with Crippen LogP contribution in [0.4, 0.5) is 0 Å². The minimum atomic E-state index is -0.351. The van der Waals surface area contributed by atoms with Crippen LogP contribution in [0.1, 0.15) is 45.4 Å². The van der Waals surface area contributed by atoms with Gasteiger partial charge in [0.15, 0.2) is 0 Å². The normalized spacial score (nSPS) is 33.3. The number of methoxy groups -OCH3 is 1. The fourth-order valence-electron chi connectivity index (χ4n) is 3.61. The Morgan fingerprint density at radius 2 is 2.05 bits per heavy atom. The number of aldehydes is 1. The first kappa shape index (κ1) is 16.9. The molecule has 0 amide bonds. The number of fused-ring (bicyclic) bond motifs is 1. The van der Waals surface area contributed by atoms with Crippen LogP contribution in [0.3, 0.4) is 0 Å². The molecule has 0 aromatic rings. The van der Waals surface area contributed by atoms with Gasteiger partial charge < -0.3 is 19.0 Å². The van der Waals surface area contributed by atoms with Crippen molar-refractivity contribution in [3.8, 4) is 0 Å². The highest BCUT2D eigenvalue weighted by molar-refractivity contribution is 5.69. The lowest BCUT2D eigenvalue weighted by Crippen LogP contribution is -2.26. The van der Waals surface area contributed by atoms with E-state index in [0.29, 0.717) is 12.8 Å². The summed E-state index contributed by atoms with van der Waals surface area (Å²) in [7, 11) is 1.39. The number of ether oxygens (including phenoxy) is 3. The van der Waals surface area contributed by atoms with E-state index in [2.05, 4.69) is 4.74 Å². The van der Waals surface area contributed by atoms with Gasteiger partial charge in [0.25, 0.3) is 0 Å². The van der Waals surface area contributed by atoms with Gasteiger partial charge in [0, 0.05) is 25.7 Å². The van der Waals surface area contributed by atoms with Gasteiger partial charge in [0.1, 0.15) is 12.4 Å². The Kier molecular flexibility index (Phi) is 5.94. The first-order chi connectivity index (χ1) is 10.5. The highest BCUT2D eigenvalue weighted by Gasteiger charge is 2.50. The van der Waals surface area contributed by atoms with Gasteiger partial charge in [-0.1, -0.05) is 6.42 Å². The van der Waals surface area contributed by atoms with E-state index in [1.165, 1.54) is 14.0 Å². The molecule has 22 heavy (non-hydrogen) atoms. The second-order valence-corrected chi connectivity index (χ2v) is 6.12. The molecule has 0 radical (unpaired) electrons. The van der Waals surface area contributed by atoms with Crippen molar-refractivity contribution in [2.75, 3.05) is 7.11 Å². The standard InChI is InChI=1S/C16H24O6/c1-10(18)21-15-8-14-12(13(15)9-17)7-11(22-14)5-3-4-6-16(19)20-2/h9,11-15H,3-8H2,1-2H3. The summed E-state index contributed by atoms with van der Waals surface area (Å²) in [6.07, 6.45) is 5.13. The lowest BCUT2D eigenvalue weighted by molar-refractivity contribution is -0.149. The number of hydrogen-bond donors (Lipinski definition) is 0. The van der Waals surface area contributed by atoms with Crippen molar-refractivity contribution in [1.82, 2.24) is 0 Å². The average molecular weight is 312 g/mol. The zero-order valence-electron chi connectivity index (χ0n) is 13.2. The van der Waals surface area contributed by atoms with Gasteiger partial charge in [-0.25, -0.2) is 0 Å². The van der Waals surface area contributed by atoms with Crippen LogP contribution < -0.4 is 0 Å². The van der Waals surface area contributed by atoms with Crippen LogP contribution in [0.5, 0.6) is 0 Å². The first-order valence-electron chi connectivity index (χ1n) is 7.90. The second kappa shape index (κ2) is 7.72. The van der Waals surface area contributed by atoms with E-state index in [9.17, 15) is 14.4 Å². The monoisotopic (exact) mass is 312 g/mol. The van der Waals surface area contributed by atoms with Crippen LogP contribution in [0.2, 0.25) is 0 Å². The van der Waals surface area contributed by atoms with Crippen LogP contribution in [-0.2, 0) is 28.6 Å². The predicted octanol–water partition coefficient (Wildman–Crippen LogP) is 1.64. The summed E-state index contributed by atoms with van der Waals surface area (Å²) in [6.45, 7) is 1.36. The molecule has 5 unspecified atom stereocenters. The lowest BCUT2D eigenvalue weighted by atomic mass is 9.90. The number of carbonyl (C=O) groups excluding carboxylic acids is 3. The molecule has 0 aromatic carbocycles.